The van der Waals surface area contributed by atoms with Crippen LogP contribution in [0.25, 0.3) is 5.82 Å². The summed E-state index contributed by atoms with van der Waals surface area (Å²) in [5.41, 5.74) is -1.77. The Morgan fingerprint density at radius 1 is 1.35 bits per heavy atom. The van der Waals surface area contributed by atoms with Crippen LogP contribution in [-0.4, -0.2) is 43.1 Å². The van der Waals surface area contributed by atoms with E-state index in [9.17, 15) is 18.0 Å². The summed E-state index contributed by atoms with van der Waals surface area (Å²) in [4.78, 5) is 15.6. The van der Waals surface area contributed by atoms with Crippen LogP contribution in [0.5, 0.6) is 0 Å². The maximum Gasteiger partial charge on any atom is 0.417 e. The van der Waals surface area contributed by atoms with Crippen LogP contribution in [0.2, 0.25) is 0 Å². The number of carbonyl (C=O) groups excluding carboxylic acids is 1. The Labute approximate surface area is 129 Å². The van der Waals surface area contributed by atoms with Gasteiger partial charge in [0.05, 0.1) is 23.9 Å². The van der Waals surface area contributed by atoms with E-state index in [1.165, 1.54) is 6.20 Å². The molecule has 2 aromatic heterocycles. The third-order valence-electron chi connectivity index (χ3n) is 2.88. The minimum Gasteiger partial charge on any atom is -0.394 e. The average molecular weight is 329 g/mol. The first-order valence-electron chi connectivity index (χ1n) is 6.52. The number of nitrogens with one attached hydrogen (secondary N) is 1. The third kappa shape index (κ3) is 4.03. The topological polar surface area (TPSA) is 92.9 Å². The van der Waals surface area contributed by atoms with E-state index in [0.29, 0.717) is 6.20 Å². The lowest BCUT2D eigenvalue weighted by molar-refractivity contribution is -0.137. The minimum atomic E-state index is -4.48. The fraction of sp³-hybridized carbons (Fsp3) is 0.385. The summed E-state index contributed by atoms with van der Waals surface area (Å²) < 4.78 is 38.5. The molecule has 23 heavy (non-hydrogen) atoms. The molecule has 2 rings (SSSR count). The first-order valence-corrected chi connectivity index (χ1v) is 6.52. The van der Waals surface area contributed by atoms with Gasteiger partial charge in [-0.05, 0) is 26.0 Å². The van der Waals surface area contributed by atoms with Gasteiger partial charge in [-0.25, -0.2) is 9.67 Å². The van der Waals surface area contributed by atoms with E-state index in [2.05, 4.69) is 20.6 Å². The van der Waals surface area contributed by atoms with Crippen LogP contribution in [0.4, 0.5) is 13.2 Å². The van der Waals surface area contributed by atoms with Crippen molar-refractivity contribution in [2.75, 3.05) is 6.61 Å². The van der Waals surface area contributed by atoms with Crippen molar-refractivity contribution in [1.29, 1.82) is 0 Å². The molecule has 0 saturated heterocycles. The summed E-state index contributed by atoms with van der Waals surface area (Å²) in [6.45, 7) is 2.97. The Morgan fingerprint density at radius 2 is 2.04 bits per heavy atom. The summed E-state index contributed by atoms with van der Waals surface area (Å²) in [5.74, 6) is -0.479. The molecule has 1 amide bonds. The SMILES string of the molecule is CC(C)(CO)NC(=O)c1cn(-c2ccc(C(F)(F)F)cn2)nn1. The number of pyridine rings is 1. The van der Waals surface area contributed by atoms with Crippen LogP contribution < -0.4 is 5.32 Å². The van der Waals surface area contributed by atoms with Gasteiger partial charge in [0.2, 0.25) is 0 Å². The van der Waals surface area contributed by atoms with Crippen molar-refractivity contribution in [3.63, 3.8) is 0 Å². The second-order valence-electron chi connectivity index (χ2n) is 5.45. The standard InChI is InChI=1S/C13H14F3N5O2/c1-12(2,7-22)18-11(23)9-6-21(20-19-9)10-4-3-8(5-17-10)13(14,15)16/h3-6,22H,7H2,1-2H3,(H,18,23). The zero-order chi connectivity index (χ0) is 17.3. The Bertz CT molecular complexity index is 694. The van der Waals surface area contributed by atoms with Crippen molar-refractivity contribution in [2.45, 2.75) is 25.6 Å². The smallest absolute Gasteiger partial charge is 0.394 e. The second-order valence-corrected chi connectivity index (χ2v) is 5.45. The molecule has 2 N–H and O–H groups in total. The zero-order valence-electron chi connectivity index (χ0n) is 12.3. The Kier molecular flexibility index (Phi) is 4.37. The van der Waals surface area contributed by atoms with Gasteiger partial charge in [-0.1, -0.05) is 5.21 Å². The van der Waals surface area contributed by atoms with E-state index >= 15 is 0 Å². The number of carbonyl (C=O) groups is 1. The molecule has 124 valence electrons. The molecule has 2 heterocycles. The molecular formula is C13H14F3N5O2. The molecule has 0 aromatic carbocycles. The van der Waals surface area contributed by atoms with Crippen molar-refractivity contribution in [3.8, 4) is 5.82 Å². The van der Waals surface area contributed by atoms with Gasteiger partial charge >= 0.3 is 6.18 Å². The number of nitrogens with zero attached hydrogens (tertiary/aromatic N) is 4. The van der Waals surface area contributed by atoms with Gasteiger partial charge in [-0.15, -0.1) is 5.10 Å². The van der Waals surface area contributed by atoms with E-state index in [4.69, 9.17) is 5.11 Å². The quantitative estimate of drug-likeness (QED) is 0.879. The molecule has 0 spiro atoms. The van der Waals surface area contributed by atoms with E-state index < -0.39 is 23.2 Å². The largest absolute Gasteiger partial charge is 0.417 e. The first-order chi connectivity index (χ1) is 10.6. The normalized spacial score (nSPS) is 12.3. The molecule has 0 aliphatic rings. The van der Waals surface area contributed by atoms with Crippen LogP contribution in [0.15, 0.2) is 24.5 Å². The van der Waals surface area contributed by atoms with Gasteiger partial charge < -0.3 is 10.4 Å². The molecule has 10 heteroatoms. The number of alkyl halides is 3. The molecule has 7 nitrogen and oxygen atoms in total. The predicted molar refractivity (Wildman–Crippen MR) is 72.8 cm³/mol. The van der Waals surface area contributed by atoms with Crippen LogP contribution in [0.1, 0.15) is 29.9 Å². The molecule has 2 aromatic rings. The Hall–Kier alpha value is -2.49. The fourth-order valence-electron chi connectivity index (χ4n) is 1.58. The molecule has 0 aliphatic carbocycles. The Balaban J connectivity index is 2.18. The fourth-order valence-corrected chi connectivity index (χ4v) is 1.58. The number of aliphatic hydroxyl groups excluding tert-OH is 1. The molecular weight excluding hydrogens is 315 g/mol. The maximum absolute atomic E-state index is 12.5. The molecule has 0 bridgehead atoms. The van der Waals surface area contributed by atoms with Gasteiger partial charge in [0.25, 0.3) is 5.91 Å². The summed E-state index contributed by atoms with van der Waals surface area (Å²) in [7, 11) is 0. The molecule has 0 fully saturated rings. The zero-order valence-corrected chi connectivity index (χ0v) is 12.3. The third-order valence-corrected chi connectivity index (χ3v) is 2.88. The highest BCUT2D eigenvalue weighted by Gasteiger charge is 2.30. The molecule has 0 atom stereocenters. The number of rotatable bonds is 4. The lowest BCUT2D eigenvalue weighted by Crippen LogP contribution is -2.46. The summed E-state index contributed by atoms with van der Waals surface area (Å²) >= 11 is 0. The van der Waals surface area contributed by atoms with Crippen LogP contribution in [0, 0.1) is 0 Å². The number of hydrogen-bond acceptors (Lipinski definition) is 5. The highest BCUT2D eigenvalue weighted by Crippen LogP contribution is 2.28. The van der Waals surface area contributed by atoms with E-state index in [0.717, 1.165) is 16.8 Å². The lowest BCUT2D eigenvalue weighted by Gasteiger charge is -2.22. The van der Waals surface area contributed by atoms with Gasteiger partial charge in [-0.2, -0.15) is 13.2 Å². The monoisotopic (exact) mass is 329 g/mol. The molecule has 0 saturated carbocycles. The highest BCUT2D eigenvalue weighted by atomic mass is 19.4. The highest BCUT2D eigenvalue weighted by molar-refractivity contribution is 5.92. The van der Waals surface area contributed by atoms with Crippen LogP contribution >= 0.6 is 0 Å². The summed E-state index contributed by atoms with van der Waals surface area (Å²) in [6.07, 6.45) is -2.57. The van der Waals surface area contributed by atoms with Gasteiger partial charge in [0.15, 0.2) is 11.5 Å². The lowest BCUT2D eigenvalue weighted by atomic mass is 10.1. The van der Waals surface area contributed by atoms with Gasteiger partial charge in [0, 0.05) is 6.20 Å². The van der Waals surface area contributed by atoms with Crippen molar-refractivity contribution < 1.29 is 23.1 Å². The van der Waals surface area contributed by atoms with Crippen molar-refractivity contribution in [1.82, 2.24) is 25.3 Å². The molecule has 0 aliphatic heterocycles. The summed E-state index contributed by atoms with van der Waals surface area (Å²) in [6, 6.07) is 1.98. The van der Waals surface area contributed by atoms with Crippen LogP contribution in [-0.2, 0) is 6.18 Å². The number of amides is 1. The minimum absolute atomic E-state index is 0.0479. The predicted octanol–water partition coefficient (Wildman–Crippen LogP) is 1.18. The second kappa shape index (κ2) is 5.95. The van der Waals surface area contributed by atoms with Crippen molar-refractivity contribution >= 4 is 5.91 Å². The number of aliphatic hydroxyl groups is 1. The molecule has 0 unspecified atom stereocenters. The number of halogens is 3. The Morgan fingerprint density at radius 3 is 2.57 bits per heavy atom. The first kappa shape index (κ1) is 16.9. The number of aromatic nitrogens is 4. The van der Waals surface area contributed by atoms with Gasteiger partial charge in [-0.3, -0.25) is 4.79 Å². The van der Waals surface area contributed by atoms with E-state index in [1.807, 2.05) is 0 Å². The van der Waals surface area contributed by atoms with Gasteiger partial charge in [0.1, 0.15) is 0 Å². The van der Waals surface area contributed by atoms with Crippen molar-refractivity contribution in [3.05, 3.63) is 35.8 Å². The average Bonchev–Trinajstić information content (AvgIpc) is 2.96. The van der Waals surface area contributed by atoms with Crippen LogP contribution in [0.3, 0.4) is 0 Å². The number of hydrogen-bond donors (Lipinski definition) is 2. The van der Waals surface area contributed by atoms with E-state index in [-0.39, 0.29) is 18.1 Å². The molecule has 0 radical (unpaired) electrons. The van der Waals surface area contributed by atoms with Crippen molar-refractivity contribution in [2.24, 2.45) is 0 Å². The maximum atomic E-state index is 12.5. The summed E-state index contributed by atoms with van der Waals surface area (Å²) in [5, 5.41) is 18.9. The van der Waals surface area contributed by atoms with E-state index in [1.54, 1.807) is 13.8 Å².